The Labute approximate surface area is 89.2 Å². The summed E-state index contributed by atoms with van der Waals surface area (Å²) in [5, 5.41) is 0. The van der Waals surface area contributed by atoms with Crippen molar-refractivity contribution >= 4 is 5.97 Å². The predicted molar refractivity (Wildman–Crippen MR) is 57.3 cm³/mol. The maximum absolute atomic E-state index is 11.5. The molecule has 0 fully saturated rings. The van der Waals surface area contributed by atoms with Crippen LogP contribution in [0.25, 0.3) is 0 Å². The number of carbonyl (C=O) groups is 1. The molecule has 0 saturated heterocycles. The quantitative estimate of drug-likeness (QED) is 0.704. The molecule has 1 aromatic carbocycles. The Morgan fingerprint density at radius 3 is 2.93 bits per heavy atom. The van der Waals surface area contributed by atoms with E-state index in [-0.39, 0.29) is 17.9 Å². The molecule has 0 unspecified atom stereocenters. The monoisotopic (exact) mass is 205 g/mol. The Kier molecular flexibility index (Phi) is 2.49. The first-order valence-corrected chi connectivity index (χ1v) is 5.06. The summed E-state index contributed by atoms with van der Waals surface area (Å²) in [6, 6.07) is 5.94. The molecule has 1 aromatic rings. The van der Waals surface area contributed by atoms with Gasteiger partial charge in [-0.3, -0.25) is 4.79 Å². The highest BCUT2D eigenvalue weighted by Crippen LogP contribution is 2.35. The number of ether oxygens (including phenoxy) is 1. The van der Waals surface area contributed by atoms with E-state index in [2.05, 4.69) is 6.07 Å². The van der Waals surface area contributed by atoms with Crippen LogP contribution >= 0.6 is 0 Å². The number of aryl methyl sites for hydroxylation is 1. The molecule has 0 aromatic heterocycles. The molecule has 80 valence electrons. The largest absolute Gasteiger partial charge is 0.469 e. The lowest BCUT2D eigenvalue weighted by molar-refractivity contribution is -0.145. The second-order valence-electron chi connectivity index (χ2n) is 4.06. The lowest BCUT2D eigenvalue weighted by Crippen LogP contribution is -2.25. The lowest BCUT2D eigenvalue weighted by Gasteiger charge is -2.13. The summed E-state index contributed by atoms with van der Waals surface area (Å²) in [6.07, 6.45) is 0.698. The van der Waals surface area contributed by atoms with Crippen molar-refractivity contribution in [1.29, 1.82) is 0 Å². The summed E-state index contributed by atoms with van der Waals surface area (Å²) in [5.74, 6) is -0.428. The highest BCUT2D eigenvalue weighted by molar-refractivity contribution is 5.75. The Bertz CT molecular complexity index is 401. The topological polar surface area (TPSA) is 52.3 Å². The first-order chi connectivity index (χ1) is 7.13. The van der Waals surface area contributed by atoms with Crippen LogP contribution in [0.5, 0.6) is 0 Å². The lowest BCUT2D eigenvalue weighted by atomic mass is 10.0. The van der Waals surface area contributed by atoms with Crippen LogP contribution in [0.2, 0.25) is 0 Å². The van der Waals surface area contributed by atoms with Crippen molar-refractivity contribution in [3.8, 4) is 0 Å². The van der Waals surface area contributed by atoms with Gasteiger partial charge in [-0.15, -0.1) is 0 Å². The fraction of sp³-hybridized carbons (Fsp3) is 0.417. The molecule has 3 nitrogen and oxygen atoms in total. The van der Waals surface area contributed by atoms with Crippen LogP contribution < -0.4 is 5.73 Å². The smallest absolute Gasteiger partial charge is 0.310 e. The van der Waals surface area contributed by atoms with Crippen molar-refractivity contribution < 1.29 is 9.53 Å². The molecule has 2 atom stereocenters. The van der Waals surface area contributed by atoms with Gasteiger partial charge in [-0.25, -0.2) is 0 Å². The van der Waals surface area contributed by atoms with Crippen LogP contribution in [0, 0.1) is 12.8 Å². The number of esters is 1. The SMILES string of the molecule is COC(=O)[C@@H]1Cc2ccc(C)cc2[C@@H]1N. The van der Waals surface area contributed by atoms with Crippen molar-refractivity contribution in [2.45, 2.75) is 19.4 Å². The van der Waals surface area contributed by atoms with Gasteiger partial charge in [0.15, 0.2) is 0 Å². The van der Waals surface area contributed by atoms with Crippen LogP contribution in [-0.2, 0) is 16.0 Å². The maximum atomic E-state index is 11.5. The van der Waals surface area contributed by atoms with Gasteiger partial charge < -0.3 is 10.5 Å². The van der Waals surface area contributed by atoms with E-state index in [9.17, 15) is 4.79 Å². The molecule has 3 heteroatoms. The van der Waals surface area contributed by atoms with Crippen molar-refractivity contribution in [3.63, 3.8) is 0 Å². The summed E-state index contributed by atoms with van der Waals surface area (Å²) >= 11 is 0. The minimum absolute atomic E-state index is 0.212. The van der Waals surface area contributed by atoms with Gasteiger partial charge in [0.2, 0.25) is 0 Å². The fourth-order valence-electron chi connectivity index (χ4n) is 2.17. The van der Waals surface area contributed by atoms with E-state index >= 15 is 0 Å². The maximum Gasteiger partial charge on any atom is 0.310 e. The number of rotatable bonds is 1. The summed E-state index contributed by atoms with van der Waals surface area (Å²) in [6.45, 7) is 2.03. The van der Waals surface area contributed by atoms with Gasteiger partial charge in [0.25, 0.3) is 0 Å². The molecular formula is C12H15NO2. The minimum atomic E-state index is -0.216. The first kappa shape index (κ1) is 10.2. The zero-order chi connectivity index (χ0) is 11.0. The second kappa shape index (κ2) is 3.66. The molecule has 0 radical (unpaired) electrons. The molecule has 1 aliphatic rings. The molecule has 2 rings (SSSR count). The number of benzene rings is 1. The molecule has 0 heterocycles. The van der Waals surface area contributed by atoms with Gasteiger partial charge in [0.05, 0.1) is 13.0 Å². The number of fused-ring (bicyclic) bond motifs is 1. The number of carbonyl (C=O) groups excluding carboxylic acids is 1. The van der Waals surface area contributed by atoms with Crippen molar-refractivity contribution in [3.05, 3.63) is 34.9 Å². The average Bonchev–Trinajstić information content (AvgIpc) is 2.55. The highest BCUT2D eigenvalue weighted by Gasteiger charge is 2.35. The van der Waals surface area contributed by atoms with Gasteiger partial charge in [-0.2, -0.15) is 0 Å². The van der Waals surface area contributed by atoms with Gasteiger partial charge in [-0.05, 0) is 24.5 Å². The Hall–Kier alpha value is -1.35. The molecular weight excluding hydrogens is 190 g/mol. The first-order valence-electron chi connectivity index (χ1n) is 5.06. The van der Waals surface area contributed by atoms with Crippen LogP contribution in [0.4, 0.5) is 0 Å². The molecule has 0 amide bonds. The molecule has 2 N–H and O–H groups in total. The summed E-state index contributed by atoms with van der Waals surface area (Å²) in [5.41, 5.74) is 9.47. The molecule has 0 aliphatic heterocycles. The van der Waals surface area contributed by atoms with Crippen molar-refractivity contribution in [2.75, 3.05) is 7.11 Å². The van der Waals surface area contributed by atoms with Crippen molar-refractivity contribution in [2.24, 2.45) is 11.7 Å². The molecule has 0 spiro atoms. The number of methoxy groups -OCH3 is 1. The molecule has 0 bridgehead atoms. The van der Waals surface area contributed by atoms with E-state index in [1.807, 2.05) is 19.1 Å². The Balaban J connectivity index is 2.33. The molecule has 1 aliphatic carbocycles. The van der Waals surface area contributed by atoms with Gasteiger partial charge in [-0.1, -0.05) is 23.8 Å². The fourth-order valence-corrected chi connectivity index (χ4v) is 2.17. The standard InChI is InChI=1S/C12H15NO2/c1-7-3-4-8-6-10(12(14)15-2)11(13)9(8)5-7/h3-5,10-11H,6,13H2,1-2H3/t10-,11+/m1/s1. The minimum Gasteiger partial charge on any atom is -0.469 e. The number of nitrogens with two attached hydrogens (primary N) is 1. The molecule has 0 saturated carbocycles. The van der Waals surface area contributed by atoms with Crippen LogP contribution in [0.3, 0.4) is 0 Å². The number of hydrogen-bond donors (Lipinski definition) is 1. The highest BCUT2D eigenvalue weighted by atomic mass is 16.5. The van der Waals surface area contributed by atoms with Gasteiger partial charge >= 0.3 is 5.97 Å². The van der Waals surface area contributed by atoms with Crippen molar-refractivity contribution in [1.82, 2.24) is 0 Å². The Morgan fingerprint density at radius 2 is 2.27 bits per heavy atom. The van der Waals surface area contributed by atoms with Crippen LogP contribution in [0.1, 0.15) is 22.7 Å². The normalized spacial score (nSPS) is 23.7. The zero-order valence-electron chi connectivity index (χ0n) is 8.99. The van der Waals surface area contributed by atoms with E-state index in [4.69, 9.17) is 10.5 Å². The van der Waals surface area contributed by atoms with E-state index < -0.39 is 0 Å². The number of hydrogen-bond acceptors (Lipinski definition) is 3. The van der Waals surface area contributed by atoms with E-state index in [0.29, 0.717) is 6.42 Å². The summed E-state index contributed by atoms with van der Waals surface area (Å²) in [7, 11) is 1.41. The van der Waals surface area contributed by atoms with E-state index in [0.717, 1.165) is 5.56 Å². The third-order valence-corrected chi connectivity index (χ3v) is 3.04. The Morgan fingerprint density at radius 1 is 1.53 bits per heavy atom. The summed E-state index contributed by atoms with van der Waals surface area (Å²) < 4.78 is 4.75. The van der Waals surface area contributed by atoms with Crippen LogP contribution in [0.15, 0.2) is 18.2 Å². The zero-order valence-corrected chi connectivity index (χ0v) is 8.99. The third kappa shape index (κ3) is 1.63. The second-order valence-corrected chi connectivity index (χ2v) is 4.06. The average molecular weight is 205 g/mol. The van der Waals surface area contributed by atoms with Crippen LogP contribution in [-0.4, -0.2) is 13.1 Å². The van der Waals surface area contributed by atoms with Gasteiger partial charge in [0.1, 0.15) is 0 Å². The molecule has 15 heavy (non-hydrogen) atoms. The van der Waals surface area contributed by atoms with E-state index in [1.54, 1.807) is 0 Å². The summed E-state index contributed by atoms with van der Waals surface area (Å²) in [4.78, 5) is 11.5. The predicted octanol–water partition coefficient (Wildman–Crippen LogP) is 1.34. The van der Waals surface area contributed by atoms with Gasteiger partial charge in [0, 0.05) is 6.04 Å². The van der Waals surface area contributed by atoms with E-state index in [1.165, 1.54) is 18.2 Å². The third-order valence-electron chi connectivity index (χ3n) is 3.04.